The molecule has 1 saturated carbocycles. The first-order valence-electron chi connectivity index (χ1n) is 8.48. The number of hydrogen-bond acceptors (Lipinski definition) is 6. The van der Waals surface area contributed by atoms with E-state index in [9.17, 15) is 0 Å². The standard InChI is InChI=1S/C17H23N5O/c1-13-10-16(23-20-13)11-21-8-5-15(6-9-21)22(14-2-3-14)17-4-7-18-12-19-17/h4,7,10,12,14-15H,2-3,5-6,8-9,11H2,1H3. The Bertz CT molecular complexity index is 631. The molecule has 1 aliphatic carbocycles. The number of nitrogens with zero attached hydrogens (tertiary/aromatic N) is 5. The summed E-state index contributed by atoms with van der Waals surface area (Å²) in [6, 6.07) is 5.34. The van der Waals surface area contributed by atoms with Crippen LogP contribution in [-0.2, 0) is 6.54 Å². The van der Waals surface area contributed by atoms with Gasteiger partial charge in [-0.15, -0.1) is 0 Å². The summed E-state index contributed by atoms with van der Waals surface area (Å²) in [6.07, 6.45) is 8.44. The zero-order valence-electron chi connectivity index (χ0n) is 13.6. The van der Waals surface area contributed by atoms with Crippen LogP contribution < -0.4 is 4.90 Å². The normalized spacial score (nSPS) is 19.9. The molecule has 23 heavy (non-hydrogen) atoms. The van der Waals surface area contributed by atoms with E-state index in [0.29, 0.717) is 12.1 Å². The third-order valence-corrected chi connectivity index (χ3v) is 4.78. The summed E-state index contributed by atoms with van der Waals surface area (Å²) in [5.74, 6) is 2.06. The summed E-state index contributed by atoms with van der Waals surface area (Å²) in [6.45, 7) is 5.02. The Morgan fingerprint density at radius 3 is 2.61 bits per heavy atom. The lowest BCUT2D eigenvalue weighted by Gasteiger charge is -2.39. The van der Waals surface area contributed by atoms with Crippen molar-refractivity contribution in [2.45, 2.75) is 51.2 Å². The Labute approximate surface area is 136 Å². The smallest absolute Gasteiger partial charge is 0.150 e. The lowest BCUT2D eigenvalue weighted by molar-refractivity contribution is 0.181. The van der Waals surface area contributed by atoms with Crippen LogP contribution in [0.1, 0.15) is 37.1 Å². The number of piperidine rings is 1. The Hall–Kier alpha value is -1.95. The third-order valence-electron chi connectivity index (χ3n) is 4.78. The quantitative estimate of drug-likeness (QED) is 0.845. The van der Waals surface area contributed by atoms with Crippen LogP contribution in [0.25, 0.3) is 0 Å². The lowest BCUT2D eigenvalue weighted by Crippen LogP contribution is -2.46. The van der Waals surface area contributed by atoms with Crippen LogP contribution in [0.2, 0.25) is 0 Å². The number of aryl methyl sites for hydroxylation is 1. The van der Waals surface area contributed by atoms with E-state index in [4.69, 9.17) is 4.52 Å². The predicted octanol–water partition coefficient (Wildman–Crippen LogP) is 2.41. The van der Waals surface area contributed by atoms with Crippen molar-refractivity contribution in [2.75, 3.05) is 18.0 Å². The molecule has 122 valence electrons. The van der Waals surface area contributed by atoms with Crippen LogP contribution in [0.3, 0.4) is 0 Å². The van der Waals surface area contributed by atoms with Crippen molar-refractivity contribution in [3.8, 4) is 0 Å². The van der Waals surface area contributed by atoms with Crippen LogP contribution >= 0.6 is 0 Å². The summed E-state index contributed by atoms with van der Waals surface area (Å²) >= 11 is 0. The van der Waals surface area contributed by atoms with Gasteiger partial charge in [0, 0.05) is 37.4 Å². The Morgan fingerprint density at radius 2 is 2.00 bits per heavy atom. The molecule has 0 N–H and O–H groups in total. The minimum absolute atomic E-state index is 0.588. The van der Waals surface area contributed by atoms with Gasteiger partial charge in [-0.25, -0.2) is 9.97 Å². The molecule has 0 amide bonds. The molecular formula is C17H23N5O. The fourth-order valence-electron chi connectivity index (χ4n) is 3.53. The van der Waals surface area contributed by atoms with Gasteiger partial charge < -0.3 is 9.42 Å². The van der Waals surface area contributed by atoms with Crippen molar-refractivity contribution in [3.63, 3.8) is 0 Å². The molecule has 0 unspecified atom stereocenters. The summed E-state index contributed by atoms with van der Waals surface area (Å²) in [5.41, 5.74) is 0.957. The summed E-state index contributed by atoms with van der Waals surface area (Å²) < 4.78 is 5.34. The van der Waals surface area contributed by atoms with Gasteiger partial charge in [0.2, 0.25) is 0 Å². The number of aromatic nitrogens is 3. The molecule has 0 spiro atoms. The molecule has 1 saturated heterocycles. The lowest BCUT2D eigenvalue weighted by atomic mass is 10.0. The molecule has 2 fully saturated rings. The molecule has 0 bridgehead atoms. The van der Waals surface area contributed by atoms with Gasteiger partial charge in [-0.3, -0.25) is 4.90 Å². The molecule has 0 radical (unpaired) electrons. The van der Waals surface area contributed by atoms with Crippen LogP contribution in [0.5, 0.6) is 0 Å². The van der Waals surface area contributed by atoms with E-state index in [0.717, 1.165) is 36.9 Å². The SMILES string of the molecule is Cc1cc(CN2CCC(N(c3ccncn3)C3CC3)CC2)on1. The van der Waals surface area contributed by atoms with E-state index in [1.165, 1.54) is 25.7 Å². The van der Waals surface area contributed by atoms with E-state index in [-0.39, 0.29) is 0 Å². The van der Waals surface area contributed by atoms with Crippen molar-refractivity contribution in [1.82, 2.24) is 20.0 Å². The highest BCUT2D eigenvalue weighted by atomic mass is 16.5. The molecule has 2 aromatic rings. The van der Waals surface area contributed by atoms with Crippen molar-refractivity contribution in [3.05, 3.63) is 36.1 Å². The van der Waals surface area contributed by atoms with E-state index < -0.39 is 0 Å². The average molecular weight is 313 g/mol. The molecule has 4 rings (SSSR count). The summed E-state index contributed by atoms with van der Waals surface area (Å²) in [5, 5.41) is 3.97. The Kier molecular flexibility index (Phi) is 3.99. The van der Waals surface area contributed by atoms with E-state index in [1.807, 2.05) is 25.3 Å². The number of hydrogen-bond donors (Lipinski definition) is 0. The van der Waals surface area contributed by atoms with Crippen molar-refractivity contribution < 1.29 is 4.52 Å². The van der Waals surface area contributed by atoms with E-state index >= 15 is 0 Å². The minimum atomic E-state index is 0.588. The summed E-state index contributed by atoms with van der Waals surface area (Å²) in [4.78, 5) is 13.5. The molecule has 2 aromatic heterocycles. The second-order valence-corrected chi connectivity index (χ2v) is 6.65. The maximum absolute atomic E-state index is 5.34. The fraction of sp³-hybridized carbons (Fsp3) is 0.588. The minimum Gasteiger partial charge on any atom is -0.360 e. The van der Waals surface area contributed by atoms with Gasteiger partial charge in [-0.05, 0) is 38.7 Å². The van der Waals surface area contributed by atoms with Gasteiger partial charge in [0.15, 0.2) is 5.76 Å². The monoisotopic (exact) mass is 313 g/mol. The Morgan fingerprint density at radius 1 is 1.22 bits per heavy atom. The second kappa shape index (κ2) is 6.28. The van der Waals surface area contributed by atoms with Crippen molar-refractivity contribution in [2.24, 2.45) is 0 Å². The number of anilines is 1. The number of rotatable bonds is 5. The van der Waals surface area contributed by atoms with Gasteiger partial charge in [-0.1, -0.05) is 5.16 Å². The maximum Gasteiger partial charge on any atom is 0.150 e. The molecule has 0 atom stereocenters. The summed E-state index contributed by atoms with van der Waals surface area (Å²) in [7, 11) is 0. The topological polar surface area (TPSA) is 58.3 Å². The zero-order chi connectivity index (χ0) is 15.6. The van der Waals surface area contributed by atoms with Crippen LogP contribution in [0, 0.1) is 6.92 Å². The first kappa shape index (κ1) is 14.6. The fourth-order valence-corrected chi connectivity index (χ4v) is 3.53. The highest BCUT2D eigenvalue weighted by Gasteiger charge is 2.36. The number of likely N-dealkylation sites (tertiary alicyclic amines) is 1. The Balaban J connectivity index is 1.38. The van der Waals surface area contributed by atoms with Crippen molar-refractivity contribution in [1.29, 1.82) is 0 Å². The average Bonchev–Trinajstić information content (AvgIpc) is 3.33. The first-order chi connectivity index (χ1) is 11.3. The molecule has 6 heteroatoms. The first-order valence-corrected chi connectivity index (χ1v) is 8.48. The van der Waals surface area contributed by atoms with Crippen LogP contribution in [0.4, 0.5) is 5.82 Å². The highest BCUT2D eigenvalue weighted by molar-refractivity contribution is 5.41. The van der Waals surface area contributed by atoms with Gasteiger partial charge in [0.25, 0.3) is 0 Å². The maximum atomic E-state index is 5.34. The van der Waals surface area contributed by atoms with E-state index in [1.54, 1.807) is 6.33 Å². The van der Waals surface area contributed by atoms with Gasteiger partial charge in [0.05, 0.1) is 12.2 Å². The molecule has 2 aliphatic rings. The third kappa shape index (κ3) is 3.37. The van der Waals surface area contributed by atoms with E-state index in [2.05, 4.69) is 24.9 Å². The largest absolute Gasteiger partial charge is 0.360 e. The highest BCUT2D eigenvalue weighted by Crippen LogP contribution is 2.35. The van der Waals surface area contributed by atoms with Crippen LogP contribution in [0.15, 0.2) is 29.2 Å². The van der Waals surface area contributed by atoms with Gasteiger partial charge in [-0.2, -0.15) is 0 Å². The zero-order valence-corrected chi connectivity index (χ0v) is 13.6. The molecular weight excluding hydrogens is 290 g/mol. The second-order valence-electron chi connectivity index (χ2n) is 6.65. The molecule has 6 nitrogen and oxygen atoms in total. The molecule has 0 aromatic carbocycles. The predicted molar refractivity (Wildman–Crippen MR) is 87.1 cm³/mol. The molecule has 1 aliphatic heterocycles. The van der Waals surface area contributed by atoms with Crippen molar-refractivity contribution >= 4 is 5.82 Å². The van der Waals surface area contributed by atoms with Crippen LogP contribution in [-0.4, -0.2) is 45.2 Å². The molecule has 3 heterocycles. The van der Waals surface area contributed by atoms with Gasteiger partial charge in [0.1, 0.15) is 12.1 Å². The van der Waals surface area contributed by atoms with Gasteiger partial charge >= 0.3 is 0 Å².